The van der Waals surface area contributed by atoms with E-state index in [2.05, 4.69) is 9.97 Å². The van der Waals surface area contributed by atoms with Gasteiger partial charge in [0.2, 0.25) is 0 Å². The van der Waals surface area contributed by atoms with E-state index >= 15 is 0 Å². The van der Waals surface area contributed by atoms with Crippen molar-refractivity contribution >= 4 is 12.2 Å². The third-order valence-electron chi connectivity index (χ3n) is 2.78. The van der Waals surface area contributed by atoms with E-state index in [1.54, 1.807) is 7.11 Å². The second-order valence-electron chi connectivity index (χ2n) is 4.00. The fourth-order valence-corrected chi connectivity index (χ4v) is 2.05. The summed E-state index contributed by atoms with van der Waals surface area (Å²) in [6.07, 6.45) is 1.79. The summed E-state index contributed by atoms with van der Waals surface area (Å²) in [6.45, 7) is 3.35. The van der Waals surface area contributed by atoms with Crippen LogP contribution in [0.3, 0.4) is 0 Å². The number of aromatic nitrogens is 2. The first-order valence-corrected chi connectivity index (χ1v) is 5.83. The Bertz CT molecular complexity index is 430. The number of ether oxygens (including phenoxy) is 2. The monoisotopic (exact) mass is 240 g/mol. The fourth-order valence-electron chi connectivity index (χ4n) is 1.76. The fraction of sp³-hybridized carbons (Fsp3) is 0.636. The molecule has 4 nitrogen and oxygen atoms in total. The van der Waals surface area contributed by atoms with Crippen LogP contribution < -0.4 is 0 Å². The average Bonchev–Trinajstić information content (AvgIpc) is 2.29. The maximum Gasteiger partial charge on any atom is 0.135 e. The number of aromatic amines is 1. The van der Waals surface area contributed by atoms with Crippen molar-refractivity contribution in [3.05, 3.63) is 21.7 Å². The minimum Gasteiger partial charge on any atom is -0.381 e. The first-order chi connectivity index (χ1) is 7.70. The Hall–Kier alpha value is -0.780. The molecule has 0 aromatic carbocycles. The minimum atomic E-state index is 0.149. The molecule has 2 rings (SSSR count). The SMILES string of the molecule is COC(C)Cc1nc(=S)c2c([nH]1)CCOC2. The van der Waals surface area contributed by atoms with Crippen LogP contribution in [-0.4, -0.2) is 29.8 Å². The van der Waals surface area contributed by atoms with Gasteiger partial charge in [0.15, 0.2) is 0 Å². The molecule has 0 radical (unpaired) electrons. The lowest BCUT2D eigenvalue weighted by molar-refractivity contribution is 0.107. The Morgan fingerprint density at radius 3 is 3.19 bits per heavy atom. The van der Waals surface area contributed by atoms with Crippen LogP contribution in [0.2, 0.25) is 0 Å². The Morgan fingerprint density at radius 2 is 2.44 bits per heavy atom. The first kappa shape index (κ1) is 11.7. The lowest BCUT2D eigenvalue weighted by Crippen LogP contribution is -2.17. The van der Waals surface area contributed by atoms with E-state index in [-0.39, 0.29) is 6.10 Å². The topological polar surface area (TPSA) is 47.1 Å². The standard InChI is InChI=1S/C11H16N2O2S/c1-7(14-2)5-10-12-9-3-4-15-6-8(9)11(16)13-10/h7H,3-6H2,1-2H3,(H,12,13,16). The van der Waals surface area contributed by atoms with Crippen molar-refractivity contribution in [2.24, 2.45) is 0 Å². The van der Waals surface area contributed by atoms with Crippen molar-refractivity contribution in [2.75, 3.05) is 13.7 Å². The Morgan fingerprint density at radius 1 is 1.62 bits per heavy atom. The van der Waals surface area contributed by atoms with Crippen LogP contribution in [-0.2, 0) is 28.9 Å². The van der Waals surface area contributed by atoms with Gasteiger partial charge in [-0.05, 0) is 6.92 Å². The molecular formula is C11H16N2O2S. The van der Waals surface area contributed by atoms with E-state index in [0.717, 1.165) is 30.8 Å². The van der Waals surface area contributed by atoms with Crippen LogP contribution in [0.4, 0.5) is 0 Å². The van der Waals surface area contributed by atoms with Gasteiger partial charge in [0.25, 0.3) is 0 Å². The minimum absolute atomic E-state index is 0.149. The predicted octanol–water partition coefficient (Wildman–Crippen LogP) is 1.79. The van der Waals surface area contributed by atoms with E-state index in [4.69, 9.17) is 21.7 Å². The molecule has 1 aromatic heterocycles. The number of methoxy groups -OCH3 is 1. The molecule has 1 aliphatic rings. The molecule has 1 unspecified atom stereocenters. The van der Waals surface area contributed by atoms with Crippen LogP contribution in [0.25, 0.3) is 0 Å². The molecule has 1 aliphatic heterocycles. The van der Waals surface area contributed by atoms with E-state index in [0.29, 0.717) is 11.2 Å². The summed E-state index contributed by atoms with van der Waals surface area (Å²) in [5.41, 5.74) is 2.21. The Labute approximate surface area is 100 Å². The number of H-pyrrole nitrogens is 1. The zero-order chi connectivity index (χ0) is 11.5. The zero-order valence-corrected chi connectivity index (χ0v) is 10.4. The van der Waals surface area contributed by atoms with Crippen molar-refractivity contribution in [1.82, 2.24) is 9.97 Å². The molecule has 0 saturated carbocycles. The first-order valence-electron chi connectivity index (χ1n) is 5.42. The van der Waals surface area contributed by atoms with Gasteiger partial charge in [-0.3, -0.25) is 0 Å². The van der Waals surface area contributed by atoms with Crippen LogP contribution in [0, 0.1) is 4.64 Å². The van der Waals surface area contributed by atoms with Gasteiger partial charge in [0.1, 0.15) is 10.5 Å². The molecule has 2 heterocycles. The summed E-state index contributed by atoms with van der Waals surface area (Å²) >= 11 is 5.26. The summed E-state index contributed by atoms with van der Waals surface area (Å²) in [5.74, 6) is 0.903. The van der Waals surface area contributed by atoms with E-state index in [1.165, 1.54) is 5.69 Å². The third-order valence-corrected chi connectivity index (χ3v) is 3.12. The zero-order valence-electron chi connectivity index (χ0n) is 9.58. The molecule has 5 heteroatoms. The highest BCUT2D eigenvalue weighted by Crippen LogP contribution is 2.16. The molecular weight excluding hydrogens is 224 g/mol. The Kier molecular flexibility index (Phi) is 3.68. The van der Waals surface area contributed by atoms with Gasteiger partial charge in [-0.15, -0.1) is 0 Å². The predicted molar refractivity (Wildman–Crippen MR) is 63.0 cm³/mol. The molecule has 0 amide bonds. The van der Waals surface area contributed by atoms with Gasteiger partial charge in [0, 0.05) is 31.2 Å². The van der Waals surface area contributed by atoms with Gasteiger partial charge < -0.3 is 14.5 Å². The second kappa shape index (κ2) is 5.03. The van der Waals surface area contributed by atoms with Gasteiger partial charge >= 0.3 is 0 Å². The van der Waals surface area contributed by atoms with Crippen LogP contribution in [0.1, 0.15) is 24.0 Å². The maximum absolute atomic E-state index is 5.37. The van der Waals surface area contributed by atoms with Crippen LogP contribution in [0.15, 0.2) is 0 Å². The van der Waals surface area contributed by atoms with E-state index in [1.807, 2.05) is 6.92 Å². The van der Waals surface area contributed by atoms with Gasteiger partial charge in [-0.2, -0.15) is 0 Å². The summed E-state index contributed by atoms with van der Waals surface area (Å²) < 4.78 is 11.2. The number of nitrogens with one attached hydrogen (secondary N) is 1. The molecule has 16 heavy (non-hydrogen) atoms. The highest BCUT2D eigenvalue weighted by Gasteiger charge is 2.14. The quantitative estimate of drug-likeness (QED) is 0.818. The summed E-state index contributed by atoms with van der Waals surface area (Å²) in [4.78, 5) is 7.71. The van der Waals surface area contributed by atoms with E-state index in [9.17, 15) is 0 Å². The average molecular weight is 240 g/mol. The third kappa shape index (κ3) is 2.48. The number of hydrogen-bond acceptors (Lipinski definition) is 4. The number of nitrogens with zero attached hydrogens (tertiary/aromatic N) is 1. The summed E-state index contributed by atoms with van der Waals surface area (Å²) in [5, 5.41) is 0. The molecule has 0 spiro atoms. The number of fused-ring (bicyclic) bond motifs is 1. The van der Waals surface area contributed by atoms with Crippen LogP contribution in [0.5, 0.6) is 0 Å². The molecule has 88 valence electrons. The van der Waals surface area contributed by atoms with E-state index < -0.39 is 0 Å². The van der Waals surface area contributed by atoms with Crippen molar-refractivity contribution in [3.8, 4) is 0 Å². The molecule has 1 atom stereocenters. The van der Waals surface area contributed by atoms with Crippen molar-refractivity contribution in [2.45, 2.75) is 32.5 Å². The Balaban J connectivity index is 2.28. The highest BCUT2D eigenvalue weighted by atomic mass is 32.1. The largest absolute Gasteiger partial charge is 0.381 e. The molecule has 1 N–H and O–H groups in total. The van der Waals surface area contributed by atoms with Crippen LogP contribution >= 0.6 is 12.2 Å². The summed E-state index contributed by atoms with van der Waals surface area (Å²) in [7, 11) is 1.70. The van der Waals surface area contributed by atoms with Gasteiger partial charge in [-0.25, -0.2) is 4.98 Å². The molecule has 0 saturated heterocycles. The molecule has 0 aliphatic carbocycles. The van der Waals surface area contributed by atoms with Gasteiger partial charge in [-0.1, -0.05) is 12.2 Å². The molecule has 1 aromatic rings. The second-order valence-corrected chi connectivity index (χ2v) is 4.39. The van der Waals surface area contributed by atoms with Crippen molar-refractivity contribution in [3.63, 3.8) is 0 Å². The van der Waals surface area contributed by atoms with Crippen molar-refractivity contribution in [1.29, 1.82) is 0 Å². The maximum atomic E-state index is 5.37. The molecule has 0 bridgehead atoms. The molecule has 0 fully saturated rings. The lowest BCUT2D eigenvalue weighted by Gasteiger charge is -2.18. The van der Waals surface area contributed by atoms with Gasteiger partial charge in [0.05, 0.1) is 19.3 Å². The lowest BCUT2D eigenvalue weighted by atomic mass is 10.1. The number of rotatable bonds is 3. The highest BCUT2D eigenvalue weighted by molar-refractivity contribution is 7.71. The van der Waals surface area contributed by atoms with Crippen molar-refractivity contribution < 1.29 is 9.47 Å². The summed E-state index contributed by atoms with van der Waals surface area (Å²) in [6, 6.07) is 0. The normalized spacial score (nSPS) is 16.9. The smallest absolute Gasteiger partial charge is 0.135 e. The number of hydrogen-bond donors (Lipinski definition) is 1.